The number of carbonyl (C=O) groups is 2. The molecule has 2 aliphatic heterocycles. The molecular weight excluding hydrogens is 426 g/mol. The highest BCUT2D eigenvalue weighted by molar-refractivity contribution is 8.13. The summed E-state index contributed by atoms with van der Waals surface area (Å²) in [7, 11) is 0. The van der Waals surface area contributed by atoms with E-state index in [4.69, 9.17) is 23.7 Å². The summed E-state index contributed by atoms with van der Waals surface area (Å²) in [4.78, 5) is 28.3. The van der Waals surface area contributed by atoms with Gasteiger partial charge in [-0.25, -0.2) is 9.78 Å². The monoisotopic (exact) mass is 455 g/mol. The topological polar surface area (TPSA) is 113 Å². The van der Waals surface area contributed by atoms with Gasteiger partial charge in [-0.2, -0.15) is 0 Å². The van der Waals surface area contributed by atoms with Crippen molar-refractivity contribution in [3.8, 4) is 0 Å². The second-order valence-electron chi connectivity index (χ2n) is 7.37. The fourth-order valence-corrected chi connectivity index (χ4v) is 3.99. The molecule has 1 aromatic rings. The quantitative estimate of drug-likeness (QED) is 0.410. The van der Waals surface area contributed by atoms with E-state index in [0.717, 1.165) is 24.6 Å². The van der Waals surface area contributed by atoms with Crippen LogP contribution in [0.3, 0.4) is 0 Å². The van der Waals surface area contributed by atoms with E-state index >= 15 is 0 Å². The highest BCUT2D eigenvalue weighted by atomic mass is 32.2. The number of aromatic nitrogens is 1. The maximum Gasteiger partial charge on any atom is 0.332 e. The van der Waals surface area contributed by atoms with Crippen LogP contribution in [0, 0.1) is 0 Å². The molecule has 31 heavy (non-hydrogen) atoms. The van der Waals surface area contributed by atoms with Gasteiger partial charge in [0.15, 0.2) is 0 Å². The molecule has 172 valence electrons. The third-order valence-electron chi connectivity index (χ3n) is 4.93. The molecule has 9 nitrogen and oxygen atoms in total. The number of hydrogen-bond acceptors (Lipinski definition) is 10. The summed E-state index contributed by atoms with van der Waals surface area (Å²) >= 11 is 1.02. The number of nitrogens with zero attached hydrogens (tertiary/aromatic N) is 1. The summed E-state index contributed by atoms with van der Waals surface area (Å²) in [6, 6.07) is 5.35. The van der Waals surface area contributed by atoms with Gasteiger partial charge in [0.05, 0.1) is 19.3 Å². The number of aliphatic hydroxyl groups excluding tert-OH is 1. The number of hydrogen-bond donors (Lipinski definition) is 1. The minimum absolute atomic E-state index is 0.0887. The Balaban J connectivity index is 1.34. The summed E-state index contributed by atoms with van der Waals surface area (Å²) in [5.41, 5.74) is 0. The molecule has 4 atom stereocenters. The molecule has 0 aromatic carbocycles. The average molecular weight is 456 g/mol. The van der Waals surface area contributed by atoms with Crippen LogP contribution in [-0.2, 0) is 33.3 Å². The number of pyridine rings is 1. The van der Waals surface area contributed by atoms with E-state index in [1.807, 2.05) is 6.07 Å². The Morgan fingerprint density at radius 3 is 2.58 bits per heavy atom. The fourth-order valence-electron chi connectivity index (χ4n) is 3.36. The second-order valence-corrected chi connectivity index (χ2v) is 8.45. The van der Waals surface area contributed by atoms with Gasteiger partial charge in [-0.05, 0) is 49.6 Å². The van der Waals surface area contributed by atoms with Crippen LogP contribution in [0.2, 0.25) is 0 Å². The number of carbonyl (C=O) groups excluding carboxylic acids is 2. The van der Waals surface area contributed by atoms with Crippen molar-refractivity contribution in [1.82, 2.24) is 4.98 Å². The molecule has 1 aromatic heterocycles. The zero-order valence-electron chi connectivity index (χ0n) is 17.4. The molecule has 0 spiro atoms. The van der Waals surface area contributed by atoms with Gasteiger partial charge >= 0.3 is 5.97 Å². The Hall–Kier alpha value is -1.56. The van der Waals surface area contributed by atoms with E-state index in [2.05, 4.69) is 4.98 Å². The predicted molar refractivity (Wildman–Crippen MR) is 111 cm³/mol. The van der Waals surface area contributed by atoms with Crippen LogP contribution in [0.4, 0.5) is 0 Å². The van der Waals surface area contributed by atoms with Crippen LogP contribution in [0.15, 0.2) is 29.4 Å². The van der Waals surface area contributed by atoms with Crippen LogP contribution >= 0.6 is 11.8 Å². The molecule has 2 aliphatic rings. The van der Waals surface area contributed by atoms with Gasteiger partial charge in [0.25, 0.3) is 0 Å². The number of thioether (sulfide) groups is 1. The first-order valence-electron chi connectivity index (χ1n) is 10.5. The highest BCUT2D eigenvalue weighted by Crippen LogP contribution is 2.20. The molecule has 0 amide bonds. The van der Waals surface area contributed by atoms with Crippen LogP contribution in [0.1, 0.15) is 25.7 Å². The Morgan fingerprint density at radius 1 is 1.06 bits per heavy atom. The lowest BCUT2D eigenvalue weighted by molar-refractivity contribution is -0.176. The maximum atomic E-state index is 12.2. The zero-order chi connectivity index (χ0) is 21.9. The standard InChI is InChI=1S/C21H29NO8S/c23-15-5-3-9-28-17(15)11-26-13-20(24)30-16-6-4-10-29-18(16)12-27-14-21(25)31-19-7-1-2-8-22-19/h1-2,7-8,15-18,23H,3-6,9-14H2/t15-,16-,17-,18-/m1/s1. The Bertz CT molecular complexity index is 691. The first-order chi connectivity index (χ1) is 15.1. The van der Waals surface area contributed by atoms with Gasteiger partial charge in [0.2, 0.25) is 5.12 Å². The van der Waals surface area contributed by atoms with Gasteiger partial charge < -0.3 is 28.8 Å². The van der Waals surface area contributed by atoms with Crippen molar-refractivity contribution < 1.29 is 38.4 Å². The summed E-state index contributed by atoms with van der Waals surface area (Å²) in [5.74, 6) is -0.507. The van der Waals surface area contributed by atoms with Crippen molar-refractivity contribution in [2.24, 2.45) is 0 Å². The first kappa shape index (κ1) is 24.1. The van der Waals surface area contributed by atoms with Crippen molar-refractivity contribution in [1.29, 1.82) is 0 Å². The molecule has 10 heteroatoms. The second kappa shape index (κ2) is 13.1. The largest absolute Gasteiger partial charge is 0.458 e. The van der Waals surface area contributed by atoms with Gasteiger partial charge in [0.1, 0.15) is 36.6 Å². The van der Waals surface area contributed by atoms with E-state index in [-0.39, 0.29) is 31.5 Å². The van der Waals surface area contributed by atoms with E-state index in [0.29, 0.717) is 31.1 Å². The number of esters is 1. The van der Waals surface area contributed by atoms with E-state index < -0.39 is 30.4 Å². The summed E-state index contributed by atoms with van der Waals surface area (Å²) in [6.45, 7) is 1.10. The molecule has 2 fully saturated rings. The van der Waals surface area contributed by atoms with Crippen LogP contribution in [0.5, 0.6) is 0 Å². The normalized spacial score (nSPS) is 26.4. The summed E-state index contributed by atoms with van der Waals surface area (Å²) in [5, 5.41) is 10.3. The molecule has 1 N–H and O–H groups in total. The molecule has 0 saturated carbocycles. The zero-order valence-corrected chi connectivity index (χ0v) is 18.2. The Labute approximate surface area is 185 Å². The first-order valence-corrected chi connectivity index (χ1v) is 11.3. The van der Waals surface area contributed by atoms with Crippen molar-refractivity contribution >= 4 is 22.8 Å². The molecule has 3 rings (SSSR count). The Kier molecular flexibility index (Phi) is 10.2. The van der Waals surface area contributed by atoms with Gasteiger partial charge in [-0.3, -0.25) is 4.79 Å². The summed E-state index contributed by atoms with van der Waals surface area (Å²) in [6.07, 6.45) is 2.65. The molecule has 0 bridgehead atoms. The highest BCUT2D eigenvalue weighted by Gasteiger charge is 2.30. The molecule has 3 heterocycles. The summed E-state index contributed by atoms with van der Waals surface area (Å²) < 4.78 is 27.5. The SMILES string of the molecule is O=C(COC[C@H]1OCCC[C@H]1O)O[C@@H]1CCCO[C@@H]1COCC(=O)Sc1ccccn1. The third-order valence-corrected chi connectivity index (χ3v) is 5.72. The lowest BCUT2D eigenvalue weighted by Crippen LogP contribution is -2.42. The fraction of sp³-hybridized carbons (Fsp3) is 0.667. The molecular formula is C21H29NO8S. The minimum atomic E-state index is -0.573. The van der Waals surface area contributed by atoms with E-state index in [1.54, 1.807) is 18.3 Å². The molecule has 0 aliphatic carbocycles. The van der Waals surface area contributed by atoms with Gasteiger partial charge in [0, 0.05) is 19.4 Å². The van der Waals surface area contributed by atoms with Crippen LogP contribution < -0.4 is 0 Å². The van der Waals surface area contributed by atoms with Crippen molar-refractivity contribution in [2.45, 2.75) is 55.1 Å². The third kappa shape index (κ3) is 8.47. The van der Waals surface area contributed by atoms with Gasteiger partial charge in [-0.1, -0.05) is 6.07 Å². The minimum Gasteiger partial charge on any atom is -0.458 e. The number of rotatable bonds is 10. The van der Waals surface area contributed by atoms with Crippen molar-refractivity contribution in [3.05, 3.63) is 24.4 Å². The average Bonchev–Trinajstić information content (AvgIpc) is 2.77. The molecule has 0 unspecified atom stereocenters. The van der Waals surface area contributed by atoms with Crippen molar-refractivity contribution in [3.63, 3.8) is 0 Å². The van der Waals surface area contributed by atoms with Crippen LogP contribution in [-0.4, -0.2) is 85.2 Å². The maximum absolute atomic E-state index is 12.2. The Morgan fingerprint density at radius 2 is 1.81 bits per heavy atom. The van der Waals surface area contributed by atoms with E-state index in [9.17, 15) is 14.7 Å². The molecule has 0 radical (unpaired) electrons. The van der Waals surface area contributed by atoms with Crippen LogP contribution in [0.25, 0.3) is 0 Å². The van der Waals surface area contributed by atoms with Gasteiger partial charge in [-0.15, -0.1) is 0 Å². The van der Waals surface area contributed by atoms with E-state index in [1.165, 1.54) is 0 Å². The predicted octanol–water partition coefficient (Wildman–Crippen LogP) is 1.36. The number of ether oxygens (including phenoxy) is 5. The lowest BCUT2D eigenvalue weighted by atomic mass is 10.1. The smallest absolute Gasteiger partial charge is 0.332 e. The molecule has 2 saturated heterocycles. The lowest BCUT2D eigenvalue weighted by Gasteiger charge is -2.31. The van der Waals surface area contributed by atoms with Crippen molar-refractivity contribution in [2.75, 3.05) is 39.6 Å². The number of aliphatic hydroxyl groups is 1.